The summed E-state index contributed by atoms with van der Waals surface area (Å²) in [7, 11) is 1.73. The van der Waals surface area contributed by atoms with Crippen molar-refractivity contribution in [3.8, 4) is 23.1 Å². The maximum absolute atomic E-state index is 13.9. The predicted octanol–water partition coefficient (Wildman–Crippen LogP) is 3.51. The molecule has 11 heteroatoms. The molecule has 0 radical (unpaired) electrons. The summed E-state index contributed by atoms with van der Waals surface area (Å²) >= 11 is 0. The van der Waals surface area contributed by atoms with Crippen molar-refractivity contribution >= 4 is 16.9 Å². The second-order valence-corrected chi connectivity index (χ2v) is 8.95. The number of piperazine rings is 1. The number of carbonyl (C=O) groups is 1. The molecule has 3 aromatic rings. The van der Waals surface area contributed by atoms with Gasteiger partial charge in [0, 0.05) is 32.2 Å². The lowest BCUT2D eigenvalue weighted by Gasteiger charge is -2.38. The summed E-state index contributed by atoms with van der Waals surface area (Å²) in [5.74, 6) is -0.339. The number of amides is 1. The van der Waals surface area contributed by atoms with Gasteiger partial charge in [-0.2, -0.15) is 18.4 Å². The third-order valence-corrected chi connectivity index (χ3v) is 6.00. The lowest BCUT2D eigenvalue weighted by atomic mass is 10.0. The molecule has 4 rings (SSSR count). The highest BCUT2D eigenvalue weighted by Gasteiger charge is 2.36. The predicted molar refractivity (Wildman–Crippen MR) is 122 cm³/mol. The van der Waals surface area contributed by atoms with E-state index in [1.165, 1.54) is 18.5 Å². The van der Waals surface area contributed by atoms with E-state index in [0.29, 0.717) is 37.1 Å². The van der Waals surface area contributed by atoms with E-state index >= 15 is 0 Å². The Labute approximate surface area is 200 Å². The summed E-state index contributed by atoms with van der Waals surface area (Å²) in [4.78, 5) is 22.5. The summed E-state index contributed by atoms with van der Waals surface area (Å²) < 4.78 is 48.8. The van der Waals surface area contributed by atoms with Crippen molar-refractivity contribution in [3.05, 3.63) is 41.9 Å². The lowest BCUT2D eigenvalue weighted by molar-refractivity contribution is -0.139. The summed E-state index contributed by atoms with van der Waals surface area (Å²) in [6.45, 7) is 5.23. The number of pyridine rings is 1. The Morgan fingerprint density at radius 2 is 2.06 bits per heavy atom. The van der Waals surface area contributed by atoms with Gasteiger partial charge < -0.3 is 19.5 Å². The van der Waals surface area contributed by atoms with Gasteiger partial charge in [0.1, 0.15) is 17.3 Å². The average Bonchev–Trinajstić information content (AvgIpc) is 3.19. The Morgan fingerprint density at radius 1 is 1.29 bits per heavy atom. The summed E-state index contributed by atoms with van der Waals surface area (Å²) in [5.41, 5.74) is -0.131. The number of imidazole rings is 1. The molecule has 1 fully saturated rings. The van der Waals surface area contributed by atoms with Crippen LogP contribution in [-0.2, 0) is 18.0 Å². The fourth-order valence-electron chi connectivity index (χ4n) is 4.12. The first kappa shape index (κ1) is 24.5. The summed E-state index contributed by atoms with van der Waals surface area (Å²) in [6, 6.07) is 7.28. The summed E-state index contributed by atoms with van der Waals surface area (Å²) in [6.07, 6.45) is -2.74. The zero-order chi connectivity index (χ0) is 25.4. The first-order valence-corrected chi connectivity index (χ1v) is 11.1. The number of aromatic nitrogens is 3. The highest BCUT2D eigenvalue weighted by Crippen LogP contribution is 2.39. The maximum Gasteiger partial charge on any atom is 0.419 e. The molecule has 35 heavy (non-hydrogen) atoms. The van der Waals surface area contributed by atoms with Crippen LogP contribution < -0.4 is 10.1 Å². The van der Waals surface area contributed by atoms with Crippen LogP contribution in [0.15, 0.2) is 30.6 Å². The number of halogens is 3. The number of nitrogens with one attached hydrogen (secondary N) is 1. The maximum atomic E-state index is 13.9. The molecule has 1 saturated heterocycles. The Kier molecular flexibility index (Phi) is 6.42. The average molecular weight is 486 g/mol. The first-order chi connectivity index (χ1) is 16.5. The third kappa shape index (κ3) is 4.93. The zero-order valence-electron chi connectivity index (χ0n) is 19.6. The molecule has 3 heterocycles. The van der Waals surface area contributed by atoms with Crippen molar-refractivity contribution in [3.63, 3.8) is 0 Å². The SMILES string of the molecule is Cn1cnc2c(C#N)nc(-c3ccc(OCCCN4CCNC(C)(C)C4=O)c(C(F)(F)F)c3)cc21. The van der Waals surface area contributed by atoms with Gasteiger partial charge in [0.05, 0.1) is 35.2 Å². The molecule has 2 aromatic heterocycles. The van der Waals surface area contributed by atoms with Gasteiger partial charge in [0.15, 0.2) is 5.69 Å². The number of nitrogens with zero attached hydrogens (tertiary/aromatic N) is 5. The monoisotopic (exact) mass is 486 g/mol. The topological polar surface area (TPSA) is 96.1 Å². The molecule has 1 aliphatic rings. The lowest BCUT2D eigenvalue weighted by Crippen LogP contribution is -2.61. The molecule has 0 saturated carbocycles. The Hall–Kier alpha value is -3.65. The van der Waals surface area contributed by atoms with Crippen molar-refractivity contribution in [2.24, 2.45) is 7.05 Å². The molecular formula is C24H25F3N6O2. The molecule has 1 aliphatic heterocycles. The van der Waals surface area contributed by atoms with Crippen molar-refractivity contribution in [1.29, 1.82) is 5.26 Å². The largest absolute Gasteiger partial charge is 0.493 e. The normalized spacial score (nSPS) is 15.9. The molecule has 0 spiro atoms. The van der Waals surface area contributed by atoms with Gasteiger partial charge in [-0.15, -0.1) is 0 Å². The third-order valence-electron chi connectivity index (χ3n) is 6.00. The number of hydrogen-bond donors (Lipinski definition) is 1. The molecule has 1 N–H and O–H groups in total. The van der Waals surface area contributed by atoms with Gasteiger partial charge >= 0.3 is 6.18 Å². The van der Waals surface area contributed by atoms with Crippen LogP contribution in [0.4, 0.5) is 13.2 Å². The van der Waals surface area contributed by atoms with Crippen LogP contribution in [0.1, 0.15) is 31.5 Å². The number of alkyl halides is 3. The Morgan fingerprint density at radius 3 is 2.77 bits per heavy atom. The van der Waals surface area contributed by atoms with E-state index in [1.54, 1.807) is 36.4 Å². The van der Waals surface area contributed by atoms with Crippen molar-refractivity contribution in [1.82, 2.24) is 24.8 Å². The van der Waals surface area contributed by atoms with E-state index in [2.05, 4.69) is 15.3 Å². The minimum atomic E-state index is -4.65. The molecule has 0 unspecified atom stereocenters. The molecule has 0 atom stereocenters. The Bertz CT molecular complexity index is 1310. The number of carbonyl (C=O) groups excluding carboxylic acids is 1. The van der Waals surface area contributed by atoms with Gasteiger partial charge in [-0.1, -0.05) is 0 Å². The minimum Gasteiger partial charge on any atom is -0.493 e. The van der Waals surface area contributed by atoms with Crippen molar-refractivity contribution < 1.29 is 22.7 Å². The Balaban J connectivity index is 1.53. The minimum absolute atomic E-state index is 0.0257. The summed E-state index contributed by atoms with van der Waals surface area (Å²) in [5, 5.41) is 12.6. The molecule has 8 nitrogen and oxygen atoms in total. The highest BCUT2D eigenvalue weighted by atomic mass is 19.4. The van der Waals surface area contributed by atoms with Crippen LogP contribution in [0.25, 0.3) is 22.3 Å². The molecule has 184 valence electrons. The quantitative estimate of drug-likeness (QED) is 0.536. The van der Waals surface area contributed by atoms with E-state index in [1.807, 2.05) is 6.07 Å². The molecular weight excluding hydrogens is 461 g/mol. The molecule has 0 aliphatic carbocycles. The van der Waals surface area contributed by atoms with Crippen LogP contribution in [-0.4, -0.2) is 57.1 Å². The highest BCUT2D eigenvalue weighted by molar-refractivity contribution is 5.86. The van der Waals surface area contributed by atoms with Gasteiger partial charge in [0.2, 0.25) is 5.91 Å². The van der Waals surface area contributed by atoms with Crippen molar-refractivity contribution in [2.45, 2.75) is 32.0 Å². The molecule has 1 amide bonds. The number of aryl methyl sites for hydroxylation is 1. The number of nitriles is 1. The van der Waals surface area contributed by atoms with Crippen LogP contribution in [0.5, 0.6) is 5.75 Å². The van der Waals surface area contributed by atoms with Gasteiger partial charge in [-0.3, -0.25) is 4.79 Å². The van der Waals surface area contributed by atoms with Crippen LogP contribution in [0.3, 0.4) is 0 Å². The van der Waals surface area contributed by atoms with E-state index in [4.69, 9.17) is 4.74 Å². The van der Waals surface area contributed by atoms with Crippen molar-refractivity contribution in [2.75, 3.05) is 26.2 Å². The standard InChI is InChI=1S/C24H25F3N6O2/c1-23(2)22(34)33(9-7-30-23)8-4-10-35-20-6-5-15(11-16(20)24(25,26)27)17-12-19-21(18(13-28)31-17)29-14-32(19)3/h5-6,11-12,14,30H,4,7-10H2,1-3H3. The molecule has 1 aromatic carbocycles. The van der Waals surface area contributed by atoms with Gasteiger partial charge in [0.25, 0.3) is 0 Å². The van der Waals surface area contributed by atoms with Gasteiger partial charge in [-0.25, -0.2) is 9.97 Å². The molecule has 0 bridgehead atoms. The second kappa shape index (κ2) is 9.19. The van der Waals surface area contributed by atoms with Gasteiger partial charge in [-0.05, 0) is 44.5 Å². The number of hydrogen-bond acceptors (Lipinski definition) is 6. The number of ether oxygens (including phenoxy) is 1. The van der Waals surface area contributed by atoms with Crippen LogP contribution >= 0.6 is 0 Å². The first-order valence-electron chi connectivity index (χ1n) is 11.1. The second-order valence-electron chi connectivity index (χ2n) is 8.95. The zero-order valence-corrected chi connectivity index (χ0v) is 19.6. The van der Waals surface area contributed by atoms with Crippen LogP contribution in [0, 0.1) is 11.3 Å². The van der Waals surface area contributed by atoms with E-state index in [9.17, 15) is 23.2 Å². The fraction of sp³-hybridized carbons (Fsp3) is 0.417. The number of fused-ring (bicyclic) bond motifs is 1. The number of rotatable bonds is 6. The van der Waals surface area contributed by atoms with E-state index in [-0.39, 0.29) is 35.2 Å². The van der Waals surface area contributed by atoms with E-state index < -0.39 is 17.3 Å². The van der Waals surface area contributed by atoms with Crippen LogP contribution in [0.2, 0.25) is 0 Å². The smallest absolute Gasteiger partial charge is 0.419 e. The number of benzene rings is 1. The fourth-order valence-corrected chi connectivity index (χ4v) is 4.12. The van der Waals surface area contributed by atoms with E-state index in [0.717, 1.165) is 6.07 Å².